The molecule has 0 N–H and O–H groups in total. The van der Waals surface area contributed by atoms with E-state index in [1.54, 1.807) is 16.7 Å². The van der Waals surface area contributed by atoms with E-state index in [0.29, 0.717) is 30.5 Å². The molecule has 7 nitrogen and oxygen atoms in total. The molecule has 0 radical (unpaired) electrons. The highest BCUT2D eigenvalue weighted by atomic mass is 35.5. The van der Waals surface area contributed by atoms with Crippen LogP contribution in [0.1, 0.15) is 11.3 Å². The molecule has 152 valence electrons. The van der Waals surface area contributed by atoms with Gasteiger partial charge in [0, 0.05) is 56.9 Å². The third-order valence-corrected chi connectivity index (χ3v) is 6.31. The normalized spacial score (nSPS) is 17.7. The summed E-state index contributed by atoms with van der Waals surface area (Å²) in [7, 11) is 0. The molecule has 5 rings (SSSR count). The van der Waals surface area contributed by atoms with Crippen molar-refractivity contribution in [3.05, 3.63) is 56.4 Å². The van der Waals surface area contributed by atoms with E-state index in [2.05, 4.69) is 14.8 Å². The highest BCUT2D eigenvalue weighted by Gasteiger charge is 2.21. The van der Waals surface area contributed by atoms with Crippen molar-refractivity contribution in [1.82, 2.24) is 19.2 Å². The van der Waals surface area contributed by atoms with E-state index in [4.69, 9.17) is 21.1 Å². The highest BCUT2D eigenvalue weighted by Crippen LogP contribution is 2.38. The second-order valence-electron chi connectivity index (χ2n) is 7.30. The molecular formula is C20H21ClN4O3S. The molecule has 9 heteroatoms. The zero-order chi connectivity index (χ0) is 19.8. The lowest BCUT2D eigenvalue weighted by Crippen LogP contribution is -2.45. The quantitative estimate of drug-likeness (QED) is 0.631. The molecule has 0 saturated carbocycles. The summed E-state index contributed by atoms with van der Waals surface area (Å²) in [4.78, 5) is 22.3. The van der Waals surface area contributed by atoms with Crippen LogP contribution < -0.4 is 15.0 Å². The van der Waals surface area contributed by atoms with E-state index < -0.39 is 0 Å². The van der Waals surface area contributed by atoms with E-state index in [-0.39, 0.29) is 5.56 Å². The van der Waals surface area contributed by atoms with Gasteiger partial charge in [0.1, 0.15) is 13.2 Å². The summed E-state index contributed by atoms with van der Waals surface area (Å²) in [5.41, 5.74) is 1.95. The number of benzene rings is 1. The number of piperazine rings is 1. The van der Waals surface area contributed by atoms with Crippen molar-refractivity contribution in [1.29, 1.82) is 0 Å². The minimum atomic E-state index is -0.0135. The third kappa shape index (κ3) is 3.98. The maximum atomic E-state index is 12.2. The Kier molecular flexibility index (Phi) is 5.17. The molecule has 1 aromatic carbocycles. The van der Waals surface area contributed by atoms with Gasteiger partial charge in [-0.05, 0) is 17.7 Å². The molecule has 1 fully saturated rings. The fraction of sp³-hybridized carbons (Fsp3) is 0.400. The highest BCUT2D eigenvalue weighted by molar-refractivity contribution is 7.15. The summed E-state index contributed by atoms with van der Waals surface area (Å²) in [6.45, 7) is 6.39. The van der Waals surface area contributed by atoms with Crippen LogP contribution in [0.5, 0.6) is 11.5 Å². The first-order valence-corrected chi connectivity index (χ1v) is 10.9. The van der Waals surface area contributed by atoms with Crippen LogP contribution in [0.2, 0.25) is 5.02 Å². The van der Waals surface area contributed by atoms with Crippen molar-refractivity contribution >= 4 is 27.9 Å². The van der Waals surface area contributed by atoms with Crippen molar-refractivity contribution in [2.75, 3.05) is 39.4 Å². The van der Waals surface area contributed by atoms with Crippen LogP contribution >= 0.6 is 22.9 Å². The fourth-order valence-corrected chi connectivity index (χ4v) is 4.84. The average molecular weight is 433 g/mol. The predicted molar refractivity (Wildman–Crippen MR) is 112 cm³/mol. The second-order valence-corrected chi connectivity index (χ2v) is 8.58. The molecule has 0 amide bonds. The molecule has 4 heterocycles. The number of fused-ring (bicyclic) bond motifs is 2. The molecule has 3 aromatic rings. The van der Waals surface area contributed by atoms with Crippen molar-refractivity contribution < 1.29 is 9.47 Å². The Morgan fingerprint density at radius 1 is 1.03 bits per heavy atom. The lowest BCUT2D eigenvalue weighted by Gasteiger charge is -2.34. The Morgan fingerprint density at radius 2 is 1.79 bits per heavy atom. The smallest absolute Gasteiger partial charge is 0.258 e. The summed E-state index contributed by atoms with van der Waals surface area (Å²) in [5.74, 6) is 1.39. The van der Waals surface area contributed by atoms with Gasteiger partial charge in [-0.3, -0.25) is 19.0 Å². The molecule has 0 atom stereocenters. The number of aromatic nitrogens is 2. The fourth-order valence-electron chi connectivity index (χ4n) is 3.82. The molecule has 0 spiro atoms. The summed E-state index contributed by atoms with van der Waals surface area (Å²) in [5, 5.41) is 2.49. The van der Waals surface area contributed by atoms with Crippen LogP contribution in [-0.2, 0) is 13.1 Å². The largest absolute Gasteiger partial charge is 0.486 e. The van der Waals surface area contributed by atoms with Gasteiger partial charge in [0.05, 0.1) is 10.7 Å². The Balaban J connectivity index is 1.20. The van der Waals surface area contributed by atoms with Gasteiger partial charge in [-0.25, -0.2) is 4.98 Å². The molecule has 1 saturated heterocycles. The first-order valence-electron chi connectivity index (χ1n) is 9.64. The van der Waals surface area contributed by atoms with Gasteiger partial charge in [-0.1, -0.05) is 11.6 Å². The number of hydrogen-bond donors (Lipinski definition) is 0. The zero-order valence-corrected chi connectivity index (χ0v) is 17.4. The first kappa shape index (κ1) is 18.9. The van der Waals surface area contributed by atoms with E-state index >= 15 is 0 Å². The monoisotopic (exact) mass is 432 g/mol. The summed E-state index contributed by atoms with van der Waals surface area (Å²) in [6.07, 6.45) is 1.77. The molecule has 2 aliphatic rings. The zero-order valence-electron chi connectivity index (χ0n) is 15.8. The van der Waals surface area contributed by atoms with E-state index in [9.17, 15) is 4.79 Å². The Morgan fingerprint density at radius 3 is 2.62 bits per heavy atom. The molecule has 29 heavy (non-hydrogen) atoms. The Bertz CT molecular complexity index is 1090. The van der Waals surface area contributed by atoms with Gasteiger partial charge < -0.3 is 9.47 Å². The van der Waals surface area contributed by atoms with Gasteiger partial charge in [-0.2, -0.15) is 0 Å². The number of hydrogen-bond acceptors (Lipinski definition) is 7. The van der Waals surface area contributed by atoms with Crippen LogP contribution in [0.4, 0.5) is 0 Å². The van der Waals surface area contributed by atoms with E-state index in [0.717, 1.165) is 54.7 Å². The Hall–Kier alpha value is -2.13. The molecule has 2 aromatic heterocycles. The molecule has 0 aliphatic carbocycles. The van der Waals surface area contributed by atoms with Gasteiger partial charge >= 0.3 is 0 Å². The molecular weight excluding hydrogens is 412 g/mol. The van der Waals surface area contributed by atoms with Crippen LogP contribution in [0.3, 0.4) is 0 Å². The standard InChI is InChI=1S/C20H21ClN4O3S/c21-16-9-14(10-17-19(16)28-7-6-27-17)12-23-1-3-24(4-2-23)13-15-11-18(26)25-5-8-29-20(25)22-15/h5,8-11H,1-4,6-7,12-13H2. The van der Waals surface area contributed by atoms with Gasteiger partial charge in [0.25, 0.3) is 5.56 Å². The van der Waals surface area contributed by atoms with E-state index in [1.807, 2.05) is 17.5 Å². The van der Waals surface area contributed by atoms with Crippen LogP contribution in [0.15, 0.2) is 34.6 Å². The van der Waals surface area contributed by atoms with E-state index in [1.165, 1.54) is 11.3 Å². The number of rotatable bonds is 4. The Labute approximate surface area is 177 Å². The number of nitrogens with zero attached hydrogens (tertiary/aromatic N) is 4. The van der Waals surface area contributed by atoms with Crippen LogP contribution in [0, 0.1) is 0 Å². The topological polar surface area (TPSA) is 59.3 Å². The SMILES string of the molecule is O=c1cc(CN2CCN(Cc3cc(Cl)c4c(c3)OCCO4)CC2)nc2sccn12. The van der Waals surface area contributed by atoms with Crippen molar-refractivity contribution in [2.24, 2.45) is 0 Å². The van der Waals surface area contributed by atoms with Crippen molar-refractivity contribution in [3.8, 4) is 11.5 Å². The lowest BCUT2D eigenvalue weighted by atomic mass is 10.1. The average Bonchev–Trinajstić information content (AvgIpc) is 3.19. The third-order valence-electron chi connectivity index (χ3n) is 5.27. The summed E-state index contributed by atoms with van der Waals surface area (Å²) in [6, 6.07) is 5.64. The number of ether oxygens (including phenoxy) is 2. The minimum absolute atomic E-state index is 0.0135. The minimum Gasteiger partial charge on any atom is -0.486 e. The van der Waals surface area contributed by atoms with Gasteiger partial charge in [-0.15, -0.1) is 11.3 Å². The lowest BCUT2D eigenvalue weighted by molar-refractivity contribution is 0.120. The molecule has 0 unspecified atom stereocenters. The van der Waals surface area contributed by atoms with Gasteiger partial charge in [0.2, 0.25) is 0 Å². The predicted octanol–water partition coefficient (Wildman–Crippen LogP) is 2.50. The van der Waals surface area contributed by atoms with Gasteiger partial charge in [0.15, 0.2) is 16.5 Å². The number of halogens is 1. The molecule has 2 aliphatic heterocycles. The second kappa shape index (κ2) is 7.95. The summed E-state index contributed by atoms with van der Waals surface area (Å²) < 4.78 is 12.9. The maximum absolute atomic E-state index is 12.2. The number of thiazole rings is 1. The summed E-state index contributed by atoms with van der Waals surface area (Å²) >= 11 is 7.84. The van der Waals surface area contributed by atoms with Crippen molar-refractivity contribution in [3.63, 3.8) is 0 Å². The maximum Gasteiger partial charge on any atom is 0.258 e. The van der Waals surface area contributed by atoms with Crippen molar-refractivity contribution in [2.45, 2.75) is 13.1 Å². The van der Waals surface area contributed by atoms with Crippen LogP contribution in [-0.4, -0.2) is 58.6 Å². The first-order chi connectivity index (χ1) is 14.2. The molecule has 0 bridgehead atoms. The van der Waals surface area contributed by atoms with Crippen LogP contribution in [0.25, 0.3) is 4.96 Å².